The van der Waals surface area contributed by atoms with Crippen molar-refractivity contribution < 1.29 is 13.2 Å². The Balaban J connectivity index is 2.25. The monoisotopic (exact) mass is 429 g/mol. The maximum absolute atomic E-state index is 12.2. The van der Waals surface area contributed by atoms with Crippen LogP contribution in [0.25, 0.3) is 0 Å². The molecule has 6 heteroatoms. The largest absolute Gasteiger partial charge is 0.322 e. The lowest BCUT2D eigenvalue weighted by Crippen LogP contribution is -2.13. The predicted octanol–water partition coefficient (Wildman–Crippen LogP) is 3.65. The van der Waals surface area contributed by atoms with Crippen molar-refractivity contribution in [1.29, 1.82) is 0 Å². The molecule has 116 valence electrons. The topological polar surface area (TPSA) is 63.2 Å². The molecule has 1 amide bonds. The zero-order valence-corrected chi connectivity index (χ0v) is 15.2. The van der Waals surface area contributed by atoms with Gasteiger partial charge < -0.3 is 5.32 Å². The lowest BCUT2D eigenvalue weighted by molar-refractivity contribution is 0.102. The summed E-state index contributed by atoms with van der Waals surface area (Å²) >= 11 is 2.21. The summed E-state index contributed by atoms with van der Waals surface area (Å²) < 4.78 is 24.8. The van der Waals surface area contributed by atoms with E-state index in [1.807, 2.05) is 19.1 Å². The standard InChI is InChI=1S/C16H16INO3S/c1-3-22(20,21)14-6-4-5-13(10-14)18-16(19)12-7-8-15(17)11(2)9-12/h4-10H,3H2,1-2H3,(H,18,19). The summed E-state index contributed by atoms with van der Waals surface area (Å²) in [5, 5.41) is 2.74. The summed E-state index contributed by atoms with van der Waals surface area (Å²) in [5.74, 6) is -0.230. The molecular formula is C16H16INO3S. The molecule has 0 saturated carbocycles. The number of amides is 1. The highest BCUT2D eigenvalue weighted by molar-refractivity contribution is 14.1. The summed E-state index contributed by atoms with van der Waals surface area (Å²) in [6, 6.07) is 11.7. The number of hydrogen-bond donors (Lipinski definition) is 1. The van der Waals surface area contributed by atoms with Gasteiger partial charge in [-0.3, -0.25) is 4.79 Å². The molecule has 0 aliphatic rings. The predicted molar refractivity (Wildman–Crippen MR) is 96.0 cm³/mol. The van der Waals surface area contributed by atoms with E-state index in [1.54, 1.807) is 25.1 Å². The first kappa shape index (κ1) is 17.0. The van der Waals surface area contributed by atoms with E-state index in [2.05, 4.69) is 27.9 Å². The van der Waals surface area contributed by atoms with Crippen LogP contribution < -0.4 is 5.32 Å². The minimum atomic E-state index is -3.29. The smallest absolute Gasteiger partial charge is 0.255 e. The van der Waals surface area contributed by atoms with Gasteiger partial charge in [0, 0.05) is 14.8 Å². The van der Waals surface area contributed by atoms with Crippen LogP contribution in [0.5, 0.6) is 0 Å². The third-order valence-corrected chi connectivity index (χ3v) is 6.19. The van der Waals surface area contributed by atoms with Crippen molar-refractivity contribution in [3.8, 4) is 0 Å². The Morgan fingerprint density at radius 3 is 2.55 bits per heavy atom. The van der Waals surface area contributed by atoms with Crippen LogP contribution in [0.1, 0.15) is 22.8 Å². The number of benzene rings is 2. The van der Waals surface area contributed by atoms with E-state index in [0.717, 1.165) is 9.13 Å². The Hall–Kier alpha value is -1.41. The molecule has 2 aromatic carbocycles. The van der Waals surface area contributed by atoms with Crippen LogP contribution in [0, 0.1) is 10.5 Å². The van der Waals surface area contributed by atoms with Crippen molar-refractivity contribution in [1.82, 2.24) is 0 Å². The molecule has 1 N–H and O–H groups in total. The summed E-state index contributed by atoms with van der Waals surface area (Å²) in [7, 11) is -3.29. The Morgan fingerprint density at radius 1 is 1.18 bits per heavy atom. The molecule has 4 nitrogen and oxygen atoms in total. The maximum Gasteiger partial charge on any atom is 0.255 e. The zero-order valence-electron chi connectivity index (χ0n) is 12.3. The summed E-state index contributed by atoms with van der Waals surface area (Å²) in [6.07, 6.45) is 0. The number of sulfone groups is 1. The minimum absolute atomic E-state index is 0.0285. The molecule has 2 aromatic rings. The maximum atomic E-state index is 12.2. The molecule has 0 fully saturated rings. The lowest BCUT2D eigenvalue weighted by atomic mass is 10.1. The fourth-order valence-electron chi connectivity index (χ4n) is 1.92. The molecule has 22 heavy (non-hydrogen) atoms. The number of halogens is 1. The van der Waals surface area contributed by atoms with Gasteiger partial charge in [-0.15, -0.1) is 0 Å². The first-order valence-corrected chi connectivity index (χ1v) is 9.47. The van der Waals surface area contributed by atoms with E-state index in [4.69, 9.17) is 0 Å². The van der Waals surface area contributed by atoms with Crippen molar-refractivity contribution in [2.75, 3.05) is 11.1 Å². The number of carbonyl (C=O) groups is 1. The lowest BCUT2D eigenvalue weighted by Gasteiger charge is -2.08. The first-order valence-electron chi connectivity index (χ1n) is 6.74. The van der Waals surface area contributed by atoms with Crippen molar-refractivity contribution in [2.24, 2.45) is 0 Å². The van der Waals surface area contributed by atoms with Crippen LogP contribution in [0.3, 0.4) is 0 Å². The Kier molecular flexibility index (Phi) is 5.23. The SMILES string of the molecule is CCS(=O)(=O)c1cccc(NC(=O)c2ccc(I)c(C)c2)c1. The molecule has 0 atom stereocenters. The highest BCUT2D eigenvalue weighted by atomic mass is 127. The second kappa shape index (κ2) is 6.78. The normalized spacial score (nSPS) is 11.2. The average Bonchev–Trinajstić information content (AvgIpc) is 2.50. The van der Waals surface area contributed by atoms with Crippen LogP contribution in [-0.4, -0.2) is 20.1 Å². The third-order valence-electron chi connectivity index (χ3n) is 3.25. The third kappa shape index (κ3) is 3.86. The first-order chi connectivity index (χ1) is 10.3. The highest BCUT2D eigenvalue weighted by Gasteiger charge is 2.13. The second-order valence-electron chi connectivity index (χ2n) is 4.85. The second-order valence-corrected chi connectivity index (χ2v) is 8.29. The van der Waals surface area contributed by atoms with Gasteiger partial charge in [0.15, 0.2) is 9.84 Å². The van der Waals surface area contributed by atoms with E-state index in [9.17, 15) is 13.2 Å². The summed E-state index contributed by atoms with van der Waals surface area (Å²) in [5.41, 5.74) is 2.04. The Bertz CT molecular complexity index is 816. The Morgan fingerprint density at radius 2 is 1.91 bits per heavy atom. The fourth-order valence-corrected chi connectivity index (χ4v) is 3.18. The van der Waals surface area contributed by atoms with Crippen molar-refractivity contribution in [2.45, 2.75) is 18.7 Å². The number of rotatable bonds is 4. The van der Waals surface area contributed by atoms with E-state index < -0.39 is 9.84 Å². The van der Waals surface area contributed by atoms with Gasteiger partial charge in [0.25, 0.3) is 5.91 Å². The number of hydrogen-bond acceptors (Lipinski definition) is 3. The van der Waals surface area contributed by atoms with Gasteiger partial charge >= 0.3 is 0 Å². The molecule has 0 aromatic heterocycles. The molecule has 0 saturated heterocycles. The van der Waals surface area contributed by atoms with Crippen molar-refractivity contribution in [3.05, 3.63) is 57.2 Å². The summed E-state index contributed by atoms with van der Waals surface area (Å²) in [6.45, 7) is 3.53. The number of anilines is 1. The van der Waals surface area contributed by atoms with Gasteiger partial charge in [-0.2, -0.15) is 0 Å². The molecule has 0 bridgehead atoms. The average molecular weight is 429 g/mol. The molecule has 2 rings (SSSR count). The Labute approximate surface area is 144 Å². The van der Waals surface area contributed by atoms with Crippen molar-refractivity contribution in [3.63, 3.8) is 0 Å². The zero-order chi connectivity index (χ0) is 16.3. The molecule has 0 aliphatic carbocycles. The molecule has 0 heterocycles. The van der Waals surface area contributed by atoms with Crippen LogP contribution in [0.4, 0.5) is 5.69 Å². The molecule has 0 spiro atoms. The molecule has 0 radical (unpaired) electrons. The van der Waals surface area contributed by atoms with Gasteiger partial charge in [-0.1, -0.05) is 13.0 Å². The van der Waals surface area contributed by atoms with E-state index in [1.165, 1.54) is 12.1 Å². The van der Waals surface area contributed by atoms with Crippen LogP contribution in [-0.2, 0) is 9.84 Å². The number of carbonyl (C=O) groups excluding carboxylic acids is 1. The minimum Gasteiger partial charge on any atom is -0.322 e. The van der Waals surface area contributed by atoms with Gasteiger partial charge in [0.05, 0.1) is 10.6 Å². The van der Waals surface area contributed by atoms with E-state index in [0.29, 0.717) is 11.3 Å². The highest BCUT2D eigenvalue weighted by Crippen LogP contribution is 2.18. The van der Waals surface area contributed by atoms with E-state index >= 15 is 0 Å². The number of aryl methyl sites for hydroxylation is 1. The quantitative estimate of drug-likeness (QED) is 0.755. The fraction of sp³-hybridized carbons (Fsp3) is 0.188. The van der Waals surface area contributed by atoms with Gasteiger partial charge in [-0.05, 0) is 71.5 Å². The molecular weight excluding hydrogens is 413 g/mol. The number of nitrogens with one attached hydrogen (secondary N) is 1. The van der Waals surface area contributed by atoms with Gasteiger partial charge in [0.1, 0.15) is 0 Å². The van der Waals surface area contributed by atoms with E-state index in [-0.39, 0.29) is 16.6 Å². The molecule has 0 unspecified atom stereocenters. The van der Waals surface area contributed by atoms with Crippen LogP contribution in [0.15, 0.2) is 47.4 Å². The molecule has 0 aliphatic heterocycles. The summed E-state index contributed by atoms with van der Waals surface area (Å²) in [4.78, 5) is 12.5. The van der Waals surface area contributed by atoms with Gasteiger partial charge in [-0.25, -0.2) is 8.42 Å². The van der Waals surface area contributed by atoms with Gasteiger partial charge in [0.2, 0.25) is 0 Å². The van der Waals surface area contributed by atoms with Crippen LogP contribution in [0.2, 0.25) is 0 Å². The van der Waals surface area contributed by atoms with Crippen LogP contribution >= 0.6 is 22.6 Å². The van der Waals surface area contributed by atoms with Crippen molar-refractivity contribution >= 4 is 44.0 Å².